The number of aromatic nitrogens is 1. The van der Waals surface area contributed by atoms with Crippen LogP contribution in [0.2, 0.25) is 0 Å². The number of fused-ring (bicyclic) bond motifs is 1. The fourth-order valence-electron chi connectivity index (χ4n) is 3.30. The number of rotatable bonds is 4. The van der Waals surface area contributed by atoms with E-state index in [1.165, 1.54) is 36.0 Å². The molecule has 0 atom stereocenters. The molecule has 1 N–H and O–H groups in total. The molecule has 1 aliphatic rings. The number of nitrogens with zero attached hydrogens (tertiary/aromatic N) is 2. The zero-order valence-corrected chi connectivity index (χ0v) is 15.6. The molecule has 27 heavy (non-hydrogen) atoms. The van der Waals surface area contributed by atoms with Crippen LogP contribution in [0.4, 0.5) is 15.8 Å². The first-order valence-electron chi connectivity index (χ1n) is 9.08. The summed E-state index contributed by atoms with van der Waals surface area (Å²) < 4.78 is 14.8. The highest BCUT2D eigenvalue weighted by molar-refractivity contribution is 7.19. The summed E-state index contributed by atoms with van der Waals surface area (Å²) in [4.78, 5) is 19.1. The molecule has 4 rings (SSSR count). The Morgan fingerprint density at radius 3 is 2.78 bits per heavy atom. The Labute approximate surface area is 161 Å². The van der Waals surface area contributed by atoms with Crippen LogP contribution in [0.3, 0.4) is 0 Å². The first kappa shape index (κ1) is 17.7. The second-order valence-electron chi connectivity index (χ2n) is 6.55. The first-order valence-corrected chi connectivity index (χ1v) is 9.90. The number of anilines is 2. The molecule has 6 heteroatoms. The Morgan fingerprint density at radius 2 is 1.96 bits per heavy atom. The zero-order valence-electron chi connectivity index (χ0n) is 14.8. The topological polar surface area (TPSA) is 45.2 Å². The number of carbonyl (C=O) groups is 1. The average Bonchev–Trinajstić information content (AvgIpc) is 3.10. The highest BCUT2D eigenvalue weighted by Crippen LogP contribution is 2.29. The third-order valence-corrected chi connectivity index (χ3v) is 5.60. The minimum absolute atomic E-state index is 0.293. The molecule has 1 aliphatic heterocycles. The van der Waals surface area contributed by atoms with E-state index in [9.17, 15) is 9.18 Å². The van der Waals surface area contributed by atoms with Crippen LogP contribution in [0.5, 0.6) is 0 Å². The molecule has 2 aromatic carbocycles. The highest BCUT2D eigenvalue weighted by atomic mass is 32.1. The van der Waals surface area contributed by atoms with Gasteiger partial charge < -0.3 is 10.2 Å². The maximum Gasteiger partial charge on any atom is 0.248 e. The normalized spacial score (nSPS) is 14.8. The van der Waals surface area contributed by atoms with Crippen molar-refractivity contribution in [1.29, 1.82) is 0 Å². The maximum absolute atomic E-state index is 13.7. The standard InChI is InChI=1S/C21H20FN3OS/c22-15-8-9-18(25-12-4-1-5-13-25)17(14-15)23-20(26)10-11-21-24-16-6-2-3-7-19(16)27-21/h2-3,6-11,14H,1,4-5,12-13H2,(H,23,26)/b11-10+. The summed E-state index contributed by atoms with van der Waals surface area (Å²) in [6.07, 6.45) is 6.58. The van der Waals surface area contributed by atoms with Crippen LogP contribution in [-0.2, 0) is 4.79 Å². The summed E-state index contributed by atoms with van der Waals surface area (Å²) in [6.45, 7) is 1.85. The van der Waals surface area contributed by atoms with Crippen molar-refractivity contribution in [3.8, 4) is 0 Å². The number of thiazole rings is 1. The molecule has 0 aliphatic carbocycles. The lowest BCUT2D eigenvalue weighted by Gasteiger charge is -2.30. The van der Waals surface area contributed by atoms with Crippen molar-refractivity contribution in [2.24, 2.45) is 0 Å². The molecule has 138 valence electrons. The maximum atomic E-state index is 13.7. The van der Waals surface area contributed by atoms with Gasteiger partial charge in [0.1, 0.15) is 10.8 Å². The van der Waals surface area contributed by atoms with Gasteiger partial charge in [0.15, 0.2) is 0 Å². The zero-order chi connectivity index (χ0) is 18.6. The van der Waals surface area contributed by atoms with E-state index in [0.717, 1.165) is 46.8 Å². The van der Waals surface area contributed by atoms with Gasteiger partial charge in [0, 0.05) is 19.2 Å². The number of hydrogen-bond acceptors (Lipinski definition) is 4. The average molecular weight is 381 g/mol. The number of benzene rings is 2. The Hall–Kier alpha value is -2.73. The molecular weight excluding hydrogens is 361 g/mol. The van der Waals surface area contributed by atoms with Crippen molar-refractivity contribution in [2.75, 3.05) is 23.3 Å². The van der Waals surface area contributed by atoms with Crippen molar-refractivity contribution >= 4 is 44.9 Å². The van der Waals surface area contributed by atoms with Gasteiger partial charge in [-0.3, -0.25) is 4.79 Å². The second kappa shape index (κ2) is 7.88. The highest BCUT2D eigenvalue weighted by Gasteiger charge is 2.16. The second-order valence-corrected chi connectivity index (χ2v) is 7.61. The van der Waals surface area contributed by atoms with Crippen LogP contribution in [0.25, 0.3) is 16.3 Å². The molecule has 1 amide bonds. The van der Waals surface area contributed by atoms with Gasteiger partial charge >= 0.3 is 0 Å². The lowest BCUT2D eigenvalue weighted by atomic mass is 10.1. The first-order chi connectivity index (χ1) is 13.2. The van der Waals surface area contributed by atoms with Gasteiger partial charge in [-0.15, -0.1) is 11.3 Å². The van der Waals surface area contributed by atoms with Crippen LogP contribution in [0, 0.1) is 5.82 Å². The number of hydrogen-bond donors (Lipinski definition) is 1. The summed E-state index contributed by atoms with van der Waals surface area (Å²) in [7, 11) is 0. The summed E-state index contributed by atoms with van der Waals surface area (Å²) in [6, 6.07) is 12.4. The van der Waals surface area contributed by atoms with Crippen molar-refractivity contribution < 1.29 is 9.18 Å². The molecular formula is C21H20FN3OS. The van der Waals surface area contributed by atoms with Gasteiger partial charge in [-0.05, 0) is 55.7 Å². The number of piperidine rings is 1. The van der Waals surface area contributed by atoms with Crippen molar-refractivity contribution in [3.63, 3.8) is 0 Å². The number of halogens is 1. The largest absolute Gasteiger partial charge is 0.370 e. The molecule has 1 aromatic heterocycles. The van der Waals surface area contributed by atoms with E-state index >= 15 is 0 Å². The number of nitrogens with one attached hydrogen (secondary N) is 1. The number of carbonyl (C=O) groups excluding carboxylic acids is 1. The van der Waals surface area contributed by atoms with Gasteiger partial charge in [-0.2, -0.15) is 0 Å². The van der Waals surface area contributed by atoms with Gasteiger partial charge in [0.05, 0.1) is 21.6 Å². The smallest absolute Gasteiger partial charge is 0.248 e. The van der Waals surface area contributed by atoms with Gasteiger partial charge in [0.25, 0.3) is 0 Å². The molecule has 1 saturated heterocycles. The van der Waals surface area contributed by atoms with Crippen LogP contribution < -0.4 is 10.2 Å². The molecule has 2 heterocycles. The minimum Gasteiger partial charge on any atom is -0.370 e. The van der Waals surface area contributed by atoms with E-state index in [2.05, 4.69) is 15.2 Å². The third kappa shape index (κ3) is 4.17. The quantitative estimate of drug-likeness (QED) is 0.641. The van der Waals surface area contributed by atoms with Crippen LogP contribution in [0.1, 0.15) is 24.3 Å². The molecule has 4 nitrogen and oxygen atoms in total. The van der Waals surface area contributed by atoms with Crippen LogP contribution >= 0.6 is 11.3 Å². The Kier molecular flexibility index (Phi) is 5.16. The van der Waals surface area contributed by atoms with Crippen molar-refractivity contribution in [1.82, 2.24) is 4.98 Å². The van der Waals surface area contributed by atoms with E-state index in [1.54, 1.807) is 12.1 Å². The molecule has 0 unspecified atom stereocenters. The number of amides is 1. The molecule has 3 aromatic rings. The summed E-state index contributed by atoms with van der Waals surface area (Å²) in [5.41, 5.74) is 2.30. The van der Waals surface area contributed by atoms with Gasteiger partial charge in [-0.25, -0.2) is 9.37 Å². The SMILES string of the molecule is O=C(/C=C/c1nc2ccccc2s1)Nc1cc(F)ccc1N1CCCCC1. The van der Waals surface area contributed by atoms with E-state index in [0.29, 0.717) is 5.69 Å². The van der Waals surface area contributed by atoms with Crippen LogP contribution in [0.15, 0.2) is 48.5 Å². The van der Waals surface area contributed by atoms with Gasteiger partial charge in [-0.1, -0.05) is 12.1 Å². The monoisotopic (exact) mass is 381 g/mol. The summed E-state index contributed by atoms with van der Waals surface area (Å²) in [5, 5.41) is 3.59. The Morgan fingerprint density at radius 1 is 1.15 bits per heavy atom. The fraction of sp³-hybridized carbons (Fsp3) is 0.238. The lowest BCUT2D eigenvalue weighted by Crippen LogP contribution is -2.30. The van der Waals surface area contributed by atoms with Crippen LogP contribution in [-0.4, -0.2) is 24.0 Å². The van der Waals surface area contributed by atoms with Crippen molar-refractivity contribution in [3.05, 3.63) is 59.4 Å². The molecule has 0 bridgehead atoms. The molecule has 1 fully saturated rings. The molecule has 0 radical (unpaired) electrons. The Bertz CT molecular complexity index is 959. The van der Waals surface area contributed by atoms with Crippen molar-refractivity contribution in [2.45, 2.75) is 19.3 Å². The third-order valence-electron chi connectivity index (χ3n) is 4.60. The summed E-state index contributed by atoms with van der Waals surface area (Å²) in [5.74, 6) is -0.653. The predicted octanol–water partition coefficient (Wildman–Crippen LogP) is 5.08. The fourth-order valence-corrected chi connectivity index (χ4v) is 4.17. The van der Waals surface area contributed by atoms with E-state index in [1.807, 2.05) is 24.3 Å². The number of para-hydroxylation sites is 1. The van der Waals surface area contributed by atoms with E-state index in [4.69, 9.17) is 0 Å². The summed E-state index contributed by atoms with van der Waals surface area (Å²) >= 11 is 1.53. The minimum atomic E-state index is -0.360. The predicted molar refractivity (Wildman–Crippen MR) is 110 cm³/mol. The molecule has 0 saturated carbocycles. The Balaban J connectivity index is 1.51. The van der Waals surface area contributed by atoms with E-state index < -0.39 is 0 Å². The van der Waals surface area contributed by atoms with Gasteiger partial charge in [0.2, 0.25) is 5.91 Å². The molecule has 0 spiro atoms. The van der Waals surface area contributed by atoms with E-state index in [-0.39, 0.29) is 11.7 Å². The lowest BCUT2D eigenvalue weighted by molar-refractivity contribution is -0.111.